The average Bonchev–Trinajstić information content (AvgIpc) is 2.32. The van der Waals surface area contributed by atoms with Crippen molar-refractivity contribution < 1.29 is 9.53 Å². The summed E-state index contributed by atoms with van der Waals surface area (Å²) in [6.07, 6.45) is 0. The van der Waals surface area contributed by atoms with Crippen molar-refractivity contribution in [2.24, 2.45) is 5.10 Å². The van der Waals surface area contributed by atoms with Crippen LogP contribution in [0, 0.1) is 11.3 Å². The third-order valence-electron chi connectivity index (χ3n) is 1.74. The SMILES string of the molecule is CCOC(=O)/C(C#N)=N/Nc1ccccc1Br. The van der Waals surface area contributed by atoms with Crippen molar-refractivity contribution in [3.05, 3.63) is 28.7 Å². The average molecular weight is 296 g/mol. The van der Waals surface area contributed by atoms with Crippen LogP contribution in [0.5, 0.6) is 0 Å². The Kier molecular flexibility index (Phi) is 5.17. The lowest BCUT2D eigenvalue weighted by atomic mass is 10.3. The molecule has 0 aliphatic carbocycles. The van der Waals surface area contributed by atoms with Crippen LogP contribution in [0.1, 0.15) is 6.92 Å². The van der Waals surface area contributed by atoms with Gasteiger partial charge >= 0.3 is 5.97 Å². The number of carbonyl (C=O) groups excluding carboxylic acids is 1. The number of benzene rings is 1. The molecule has 6 heteroatoms. The predicted molar refractivity (Wildman–Crippen MR) is 67.4 cm³/mol. The van der Waals surface area contributed by atoms with E-state index in [9.17, 15) is 4.79 Å². The van der Waals surface area contributed by atoms with Crippen molar-refractivity contribution in [2.75, 3.05) is 12.0 Å². The molecule has 0 fully saturated rings. The second-order valence-corrected chi connectivity index (χ2v) is 3.74. The number of hydrogen-bond donors (Lipinski definition) is 1. The highest BCUT2D eigenvalue weighted by atomic mass is 79.9. The van der Waals surface area contributed by atoms with Crippen LogP contribution in [0.4, 0.5) is 5.69 Å². The number of anilines is 1. The molecule has 0 heterocycles. The molecular weight excluding hydrogens is 286 g/mol. The third-order valence-corrected chi connectivity index (χ3v) is 2.43. The monoisotopic (exact) mass is 295 g/mol. The summed E-state index contributed by atoms with van der Waals surface area (Å²) in [5, 5.41) is 12.4. The van der Waals surface area contributed by atoms with Crippen molar-refractivity contribution >= 4 is 33.3 Å². The Bertz CT molecular complexity index is 480. The van der Waals surface area contributed by atoms with Crippen molar-refractivity contribution in [3.8, 4) is 6.07 Å². The fourth-order valence-electron chi connectivity index (χ4n) is 0.984. The lowest BCUT2D eigenvalue weighted by Gasteiger charge is -2.03. The van der Waals surface area contributed by atoms with E-state index in [1.807, 2.05) is 12.1 Å². The summed E-state index contributed by atoms with van der Waals surface area (Å²) in [6, 6.07) is 8.89. The van der Waals surface area contributed by atoms with Crippen LogP contribution in [-0.2, 0) is 9.53 Å². The number of carbonyl (C=O) groups is 1. The van der Waals surface area contributed by atoms with Crippen LogP contribution in [0.2, 0.25) is 0 Å². The van der Waals surface area contributed by atoms with Crippen LogP contribution in [0.3, 0.4) is 0 Å². The van der Waals surface area contributed by atoms with Gasteiger partial charge < -0.3 is 4.74 Å². The highest BCUT2D eigenvalue weighted by Gasteiger charge is 2.11. The van der Waals surface area contributed by atoms with Gasteiger partial charge in [0.15, 0.2) is 0 Å². The second-order valence-electron chi connectivity index (χ2n) is 2.88. The van der Waals surface area contributed by atoms with Gasteiger partial charge in [0, 0.05) is 4.47 Å². The molecular formula is C11H10BrN3O2. The molecule has 0 aliphatic rings. The number of nitrogens with zero attached hydrogens (tertiary/aromatic N) is 2. The van der Waals surface area contributed by atoms with E-state index < -0.39 is 5.97 Å². The molecule has 0 spiro atoms. The first-order chi connectivity index (χ1) is 8.19. The van der Waals surface area contributed by atoms with E-state index in [-0.39, 0.29) is 12.3 Å². The Morgan fingerprint density at radius 1 is 1.59 bits per heavy atom. The molecule has 1 N–H and O–H groups in total. The van der Waals surface area contributed by atoms with Gasteiger partial charge in [-0.3, -0.25) is 5.43 Å². The number of hydrogen-bond acceptors (Lipinski definition) is 5. The summed E-state index contributed by atoms with van der Waals surface area (Å²) in [7, 11) is 0. The smallest absolute Gasteiger partial charge is 0.369 e. The molecule has 1 aromatic carbocycles. The molecule has 88 valence electrons. The number of rotatable bonds is 4. The molecule has 0 atom stereocenters. The summed E-state index contributed by atoms with van der Waals surface area (Å²) >= 11 is 3.31. The van der Waals surface area contributed by atoms with Gasteiger partial charge in [0.2, 0.25) is 5.71 Å². The molecule has 0 bridgehead atoms. The minimum atomic E-state index is -0.741. The zero-order valence-corrected chi connectivity index (χ0v) is 10.7. The molecule has 0 saturated heterocycles. The number of hydrazone groups is 1. The van der Waals surface area contributed by atoms with Gasteiger partial charge in [0.1, 0.15) is 6.07 Å². The number of ether oxygens (including phenoxy) is 1. The largest absolute Gasteiger partial charge is 0.461 e. The number of nitriles is 1. The molecule has 0 aliphatic heterocycles. The lowest BCUT2D eigenvalue weighted by Crippen LogP contribution is -2.17. The zero-order chi connectivity index (χ0) is 12.7. The Balaban J connectivity index is 2.79. The van der Waals surface area contributed by atoms with Crippen LogP contribution in [0.15, 0.2) is 33.8 Å². The van der Waals surface area contributed by atoms with E-state index in [0.29, 0.717) is 5.69 Å². The molecule has 1 rings (SSSR count). The summed E-state index contributed by atoms with van der Waals surface area (Å²) in [5.41, 5.74) is 2.96. The minimum Gasteiger partial charge on any atom is -0.461 e. The Morgan fingerprint density at radius 2 is 2.29 bits per heavy atom. The van der Waals surface area contributed by atoms with Crippen molar-refractivity contribution in [1.82, 2.24) is 0 Å². The van der Waals surface area contributed by atoms with Gasteiger partial charge in [-0.2, -0.15) is 10.4 Å². The Morgan fingerprint density at radius 3 is 2.88 bits per heavy atom. The van der Waals surface area contributed by atoms with E-state index in [1.165, 1.54) is 0 Å². The zero-order valence-electron chi connectivity index (χ0n) is 9.11. The maximum Gasteiger partial charge on any atom is 0.369 e. The molecule has 0 radical (unpaired) electrons. The molecule has 17 heavy (non-hydrogen) atoms. The van der Waals surface area contributed by atoms with Crippen LogP contribution in [-0.4, -0.2) is 18.3 Å². The summed E-state index contributed by atoms with van der Waals surface area (Å²) in [6.45, 7) is 1.86. The molecule has 0 unspecified atom stereocenters. The Labute approximate surface area is 107 Å². The van der Waals surface area contributed by atoms with E-state index in [2.05, 4.69) is 31.2 Å². The van der Waals surface area contributed by atoms with Crippen LogP contribution >= 0.6 is 15.9 Å². The van der Waals surface area contributed by atoms with Gasteiger partial charge in [-0.05, 0) is 35.0 Å². The first-order valence-electron chi connectivity index (χ1n) is 4.84. The van der Waals surface area contributed by atoms with Crippen LogP contribution in [0.25, 0.3) is 0 Å². The van der Waals surface area contributed by atoms with Crippen molar-refractivity contribution in [3.63, 3.8) is 0 Å². The van der Waals surface area contributed by atoms with Crippen molar-refractivity contribution in [1.29, 1.82) is 5.26 Å². The lowest BCUT2D eigenvalue weighted by molar-refractivity contribution is -0.134. The maximum absolute atomic E-state index is 11.3. The normalized spacial score (nSPS) is 10.5. The molecule has 1 aromatic rings. The maximum atomic E-state index is 11.3. The highest BCUT2D eigenvalue weighted by molar-refractivity contribution is 9.10. The summed E-state index contributed by atoms with van der Waals surface area (Å²) in [4.78, 5) is 11.3. The quantitative estimate of drug-likeness (QED) is 0.525. The van der Waals surface area contributed by atoms with Gasteiger partial charge in [-0.15, -0.1) is 0 Å². The fraction of sp³-hybridized carbons (Fsp3) is 0.182. The number of halogens is 1. The van der Waals surface area contributed by atoms with E-state index in [0.717, 1.165) is 4.47 Å². The number of nitrogens with one attached hydrogen (secondary N) is 1. The number of esters is 1. The molecule has 0 aromatic heterocycles. The van der Waals surface area contributed by atoms with Crippen molar-refractivity contribution in [2.45, 2.75) is 6.92 Å². The van der Waals surface area contributed by atoms with E-state index in [4.69, 9.17) is 5.26 Å². The van der Waals surface area contributed by atoms with E-state index in [1.54, 1.807) is 25.1 Å². The first-order valence-corrected chi connectivity index (χ1v) is 5.63. The summed E-state index contributed by atoms with van der Waals surface area (Å²) < 4.78 is 5.45. The van der Waals surface area contributed by atoms with Crippen LogP contribution < -0.4 is 5.43 Å². The third kappa shape index (κ3) is 3.89. The number of para-hydroxylation sites is 1. The molecule has 0 amide bonds. The van der Waals surface area contributed by atoms with Gasteiger partial charge in [-0.25, -0.2) is 4.79 Å². The highest BCUT2D eigenvalue weighted by Crippen LogP contribution is 2.20. The van der Waals surface area contributed by atoms with Gasteiger partial charge in [0.25, 0.3) is 0 Å². The summed E-state index contributed by atoms with van der Waals surface area (Å²) in [5.74, 6) is -0.741. The Hall–Kier alpha value is -1.87. The molecule has 0 saturated carbocycles. The topological polar surface area (TPSA) is 74.5 Å². The van der Waals surface area contributed by atoms with Gasteiger partial charge in [0.05, 0.1) is 12.3 Å². The minimum absolute atomic E-state index is 0.203. The second kappa shape index (κ2) is 6.66. The standard InChI is InChI=1S/C11H10BrN3O2/c1-2-17-11(16)10(7-13)15-14-9-6-4-3-5-8(9)12/h3-6,14H,2H2,1H3/b15-10+. The first kappa shape index (κ1) is 13.2. The fourth-order valence-corrected chi connectivity index (χ4v) is 1.36. The predicted octanol–water partition coefficient (Wildman–Crippen LogP) is 2.30. The molecule has 5 nitrogen and oxygen atoms in total. The van der Waals surface area contributed by atoms with Gasteiger partial charge in [-0.1, -0.05) is 12.1 Å². The van der Waals surface area contributed by atoms with E-state index >= 15 is 0 Å².